The maximum absolute atomic E-state index is 12.2. The minimum atomic E-state index is -0.712. The fraction of sp³-hybridized carbons (Fsp3) is 0.364. The lowest BCUT2D eigenvalue weighted by Gasteiger charge is -2.44. The standard InChI is InChI=1S/C11H10I3NO2/c1-11(17)4-15(5-11)10(16)7-2-6(12)3-8(13)9(7)14/h2-3,17H,4-5H2,1H3. The van der Waals surface area contributed by atoms with Gasteiger partial charge in [-0.05, 0) is 86.8 Å². The molecule has 1 aliphatic rings. The Bertz CT molecular complexity index is 480. The predicted octanol–water partition coefficient (Wildman–Crippen LogP) is 2.71. The maximum atomic E-state index is 12.2. The van der Waals surface area contributed by atoms with Crippen molar-refractivity contribution in [1.82, 2.24) is 4.90 Å². The van der Waals surface area contributed by atoms with Gasteiger partial charge in [0.1, 0.15) is 0 Å². The minimum absolute atomic E-state index is 0.0114. The van der Waals surface area contributed by atoms with E-state index in [-0.39, 0.29) is 5.91 Å². The lowest BCUT2D eigenvalue weighted by molar-refractivity contribution is -0.0669. The second-order valence-corrected chi connectivity index (χ2v) is 7.89. The number of likely N-dealkylation sites (tertiary alicyclic amines) is 1. The highest BCUT2D eigenvalue weighted by Crippen LogP contribution is 2.27. The third kappa shape index (κ3) is 3.06. The summed E-state index contributed by atoms with van der Waals surface area (Å²) in [6.07, 6.45) is 0. The van der Waals surface area contributed by atoms with Crippen LogP contribution in [0.4, 0.5) is 0 Å². The number of hydrogen-bond acceptors (Lipinski definition) is 2. The number of aliphatic hydroxyl groups is 1. The summed E-state index contributed by atoms with van der Waals surface area (Å²) >= 11 is 6.65. The first-order valence-electron chi connectivity index (χ1n) is 4.96. The minimum Gasteiger partial charge on any atom is -0.386 e. The predicted molar refractivity (Wildman–Crippen MR) is 91.1 cm³/mol. The molecule has 6 heteroatoms. The number of nitrogens with zero attached hydrogens (tertiary/aromatic N) is 1. The molecule has 0 aliphatic carbocycles. The summed E-state index contributed by atoms with van der Waals surface area (Å²) in [6, 6.07) is 3.95. The van der Waals surface area contributed by atoms with Gasteiger partial charge in [-0.2, -0.15) is 0 Å². The number of benzene rings is 1. The van der Waals surface area contributed by atoms with Gasteiger partial charge in [0.15, 0.2) is 0 Å². The van der Waals surface area contributed by atoms with Gasteiger partial charge >= 0.3 is 0 Å². The molecule has 2 rings (SSSR count). The Kier molecular flexibility index (Phi) is 4.26. The van der Waals surface area contributed by atoms with Gasteiger partial charge < -0.3 is 10.0 Å². The Morgan fingerprint density at radius 1 is 1.35 bits per heavy atom. The second kappa shape index (κ2) is 5.08. The zero-order valence-electron chi connectivity index (χ0n) is 9.01. The van der Waals surface area contributed by atoms with Gasteiger partial charge in [0.25, 0.3) is 5.91 Å². The Labute approximate surface area is 141 Å². The van der Waals surface area contributed by atoms with E-state index in [0.29, 0.717) is 13.1 Å². The lowest BCUT2D eigenvalue weighted by Crippen LogP contribution is -2.61. The molecule has 0 spiro atoms. The number of hydrogen-bond donors (Lipinski definition) is 1. The van der Waals surface area contributed by atoms with Crippen molar-refractivity contribution in [2.75, 3.05) is 13.1 Å². The maximum Gasteiger partial charge on any atom is 0.255 e. The molecule has 1 fully saturated rings. The summed E-state index contributed by atoms with van der Waals surface area (Å²) in [6.45, 7) is 2.59. The third-order valence-corrected chi connectivity index (χ3v) is 6.24. The molecule has 17 heavy (non-hydrogen) atoms. The highest BCUT2D eigenvalue weighted by Gasteiger charge is 2.40. The van der Waals surface area contributed by atoms with Crippen LogP contribution in [0.2, 0.25) is 0 Å². The van der Waals surface area contributed by atoms with Crippen molar-refractivity contribution >= 4 is 73.7 Å². The van der Waals surface area contributed by atoms with Crippen LogP contribution < -0.4 is 0 Å². The first kappa shape index (κ1) is 14.3. The molecule has 0 bridgehead atoms. The molecule has 0 aromatic heterocycles. The van der Waals surface area contributed by atoms with Crippen molar-refractivity contribution in [3.05, 3.63) is 28.4 Å². The van der Waals surface area contributed by atoms with E-state index in [1.807, 2.05) is 12.1 Å². The fourth-order valence-corrected chi connectivity index (χ4v) is 4.19. The average molecular weight is 569 g/mol. The number of halogens is 3. The van der Waals surface area contributed by atoms with Crippen LogP contribution in [0.1, 0.15) is 17.3 Å². The molecule has 0 saturated carbocycles. The first-order valence-corrected chi connectivity index (χ1v) is 8.20. The van der Waals surface area contributed by atoms with E-state index in [1.165, 1.54) is 0 Å². The molecule has 1 N–H and O–H groups in total. The summed E-state index contributed by atoms with van der Waals surface area (Å²) in [5, 5.41) is 9.66. The van der Waals surface area contributed by atoms with Gasteiger partial charge in [-0.3, -0.25) is 4.79 Å². The summed E-state index contributed by atoms with van der Waals surface area (Å²) in [5.74, 6) is 0.0114. The van der Waals surface area contributed by atoms with E-state index in [2.05, 4.69) is 67.8 Å². The van der Waals surface area contributed by atoms with Crippen molar-refractivity contribution < 1.29 is 9.90 Å². The first-order chi connectivity index (χ1) is 7.80. The van der Waals surface area contributed by atoms with Crippen LogP contribution in [-0.2, 0) is 0 Å². The van der Waals surface area contributed by atoms with E-state index >= 15 is 0 Å². The topological polar surface area (TPSA) is 40.5 Å². The van der Waals surface area contributed by atoms with Crippen LogP contribution in [0.5, 0.6) is 0 Å². The van der Waals surface area contributed by atoms with E-state index < -0.39 is 5.60 Å². The molecule has 92 valence electrons. The molecule has 1 heterocycles. The SMILES string of the molecule is CC1(O)CN(C(=O)c2cc(I)cc(I)c2I)C1. The summed E-state index contributed by atoms with van der Waals surface area (Å²) in [4.78, 5) is 13.9. The smallest absolute Gasteiger partial charge is 0.255 e. The third-order valence-electron chi connectivity index (χ3n) is 2.57. The van der Waals surface area contributed by atoms with Gasteiger partial charge in [0.05, 0.1) is 24.3 Å². The van der Waals surface area contributed by atoms with Crippen LogP contribution in [0, 0.1) is 10.7 Å². The van der Waals surface area contributed by atoms with Crippen LogP contribution in [0.25, 0.3) is 0 Å². The largest absolute Gasteiger partial charge is 0.386 e. The average Bonchev–Trinajstić information content (AvgIpc) is 2.18. The molecule has 0 atom stereocenters. The number of rotatable bonds is 1. The Morgan fingerprint density at radius 3 is 2.47 bits per heavy atom. The van der Waals surface area contributed by atoms with Gasteiger partial charge in [0, 0.05) is 10.7 Å². The number of β-amino-alcohol motifs (C(OH)–C–C–N with tert-alkyl or cyclic N) is 1. The highest BCUT2D eigenvalue weighted by molar-refractivity contribution is 14.1. The van der Waals surface area contributed by atoms with Crippen molar-refractivity contribution in [2.45, 2.75) is 12.5 Å². The Balaban J connectivity index is 2.26. The number of carbonyl (C=O) groups excluding carboxylic acids is 1. The van der Waals surface area contributed by atoms with E-state index in [0.717, 1.165) is 16.3 Å². The molecular weight excluding hydrogens is 559 g/mol. The zero-order valence-corrected chi connectivity index (χ0v) is 15.5. The van der Waals surface area contributed by atoms with Crippen LogP contribution >= 0.6 is 67.8 Å². The van der Waals surface area contributed by atoms with E-state index in [9.17, 15) is 9.90 Å². The van der Waals surface area contributed by atoms with Gasteiger partial charge in [-0.1, -0.05) is 0 Å². The monoisotopic (exact) mass is 569 g/mol. The van der Waals surface area contributed by atoms with E-state index in [1.54, 1.807) is 11.8 Å². The molecule has 0 unspecified atom stereocenters. The molecule has 1 aliphatic heterocycles. The van der Waals surface area contributed by atoms with Gasteiger partial charge in [-0.15, -0.1) is 0 Å². The summed E-state index contributed by atoms with van der Waals surface area (Å²) < 4.78 is 3.13. The van der Waals surface area contributed by atoms with Crippen molar-refractivity contribution in [1.29, 1.82) is 0 Å². The van der Waals surface area contributed by atoms with Crippen molar-refractivity contribution in [3.8, 4) is 0 Å². The number of carbonyl (C=O) groups is 1. The second-order valence-electron chi connectivity index (χ2n) is 4.41. The normalized spacial score (nSPS) is 17.8. The Hall–Kier alpha value is 0.840. The van der Waals surface area contributed by atoms with Gasteiger partial charge in [-0.25, -0.2) is 0 Å². The quantitative estimate of drug-likeness (QED) is 0.418. The molecule has 1 amide bonds. The van der Waals surface area contributed by atoms with Gasteiger partial charge in [0.2, 0.25) is 0 Å². The molecule has 0 radical (unpaired) electrons. The highest BCUT2D eigenvalue weighted by atomic mass is 127. The van der Waals surface area contributed by atoms with Crippen LogP contribution in [0.15, 0.2) is 12.1 Å². The summed E-state index contributed by atoms with van der Waals surface area (Å²) in [7, 11) is 0. The molecule has 1 aromatic rings. The van der Waals surface area contributed by atoms with Crippen LogP contribution in [-0.4, -0.2) is 34.6 Å². The zero-order chi connectivity index (χ0) is 12.8. The molecule has 1 aromatic carbocycles. The lowest BCUT2D eigenvalue weighted by atomic mass is 9.96. The summed E-state index contributed by atoms with van der Waals surface area (Å²) in [5.41, 5.74) is 0.0216. The van der Waals surface area contributed by atoms with Crippen LogP contribution in [0.3, 0.4) is 0 Å². The molecule has 1 saturated heterocycles. The molecular formula is C11H10I3NO2. The molecule has 3 nitrogen and oxygen atoms in total. The van der Waals surface area contributed by atoms with E-state index in [4.69, 9.17) is 0 Å². The number of amides is 1. The fourth-order valence-electron chi connectivity index (χ4n) is 1.80. The van der Waals surface area contributed by atoms with Crippen molar-refractivity contribution in [2.24, 2.45) is 0 Å². The van der Waals surface area contributed by atoms with Crippen molar-refractivity contribution in [3.63, 3.8) is 0 Å². The Morgan fingerprint density at radius 2 is 1.94 bits per heavy atom.